The molecule has 0 atom stereocenters. The van der Waals surface area contributed by atoms with Crippen LogP contribution < -0.4 is 47.7 Å². The molecule has 0 saturated carbocycles. The number of ether oxygens (including phenoxy) is 2. The SMILES string of the molecule is COc1cc(NC(C)=O)c(O)cc1NC(=O)Cn1cc[n+](CC(=O)Nc2cc(O)c(NC(C)=O)cc2OC)c1.[Cl-]. The molecule has 14 nitrogen and oxygen atoms in total. The van der Waals surface area contributed by atoms with Crippen LogP contribution in [0, 0.1) is 0 Å². The van der Waals surface area contributed by atoms with Crippen molar-refractivity contribution in [3.63, 3.8) is 0 Å². The number of anilines is 4. The lowest BCUT2D eigenvalue weighted by molar-refractivity contribution is -0.683. The van der Waals surface area contributed by atoms with Gasteiger partial charge < -0.3 is 53.4 Å². The monoisotopic (exact) mass is 576 g/mol. The van der Waals surface area contributed by atoms with Crippen molar-refractivity contribution in [2.24, 2.45) is 0 Å². The van der Waals surface area contributed by atoms with Gasteiger partial charge in [0.2, 0.25) is 18.1 Å². The molecule has 6 N–H and O–H groups in total. The number of phenolic OH excluding ortho intramolecular Hbond substituents is 2. The lowest BCUT2D eigenvalue weighted by Crippen LogP contribution is -3.00. The van der Waals surface area contributed by atoms with Crippen LogP contribution in [-0.2, 0) is 32.3 Å². The van der Waals surface area contributed by atoms with Gasteiger partial charge in [0, 0.05) is 38.1 Å². The number of aromatic hydroxyl groups is 2. The maximum Gasteiger partial charge on any atom is 0.266 e. The van der Waals surface area contributed by atoms with Crippen molar-refractivity contribution in [1.82, 2.24) is 4.57 Å². The van der Waals surface area contributed by atoms with E-state index >= 15 is 0 Å². The van der Waals surface area contributed by atoms with Gasteiger partial charge in [-0.2, -0.15) is 0 Å². The number of phenols is 2. The molecule has 4 amide bonds. The first-order valence-electron chi connectivity index (χ1n) is 11.5. The van der Waals surface area contributed by atoms with Crippen molar-refractivity contribution in [2.75, 3.05) is 35.5 Å². The highest BCUT2D eigenvalue weighted by Gasteiger charge is 2.18. The number of carbonyl (C=O) groups is 4. The van der Waals surface area contributed by atoms with Gasteiger partial charge in [-0.05, 0) is 0 Å². The minimum Gasteiger partial charge on any atom is -1.00 e. The Labute approximate surface area is 235 Å². The molecule has 2 aromatic carbocycles. The smallest absolute Gasteiger partial charge is 0.266 e. The van der Waals surface area contributed by atoms with Crippen LogP contribution in [0.2, 0.25) is 0 Å². The van der Waals surface area contributed by atoms with Gasteiger partial charge in [-0.25, -0.2) is 9.13 Å². The Morgan fingerprint density at radius 2 is 1.25 bits per heavy atom. The van der Waals surface area contributed by atoms with Crippen LogP contribution in [0.5, 0.6) is 23.0 Å². The van der Waals surface area contributed by atoms with E-state index in [0.717, 1.165) is 0 Å². The predicted molar refractivity (Wildman–Crippen MR) is 140 cm³/mol. The molecule has 0 radical (unpaired) electrons. The zero-order valence-corrected chi connectivity index (χ0v) is 22.8. The topological polar surface area (TPSA) is 184 Å². The van der Waals surface area contributed by atoms with E-state index in [1.807, 2.05) is 0 Å². The molecule has 214 valence electrons. The number of halogens is 1. The Morgan fingerprint density at radius 1 is 0.775 bits per heavy atom. The molecule has 1 aromatic heterocycles. The zero-order chi connectivity index (χ0) is 28.7. The first-order chi connectivity index (χ1) is 18.5. The maximum absolute atomic E-state index is 12.6. The van der Waals surface area contributed by atoms with Gasteiger partial charge in [-0.1, -0.05) is 0 Å². The van der Waals surface area contributed by atoms with Crippen LogP contribution >= 0.6 is 0 Å². The highest BCUT2D eigenvalue weighted by molar-refractivity contribution is 5.96. The third kappa shape index (κ3) is 8.26. The quantitative estimate of drug-likeness (QED) is 0.123. The lowest BCUT2D eigenvalue weighted by Gasteiger charge is -2.13. The Morgan fingerprint density at radius 3 is 1.70 bits per heavy atom. The Kier molecular flexibility index (Phi) is 10.7. The Bertz CT molecular complexity index is 1320. The summed E-state index contributed by atoms with van der Waals surface area (Å²) in [5.41, 5.74) is 0.683. The summed E-state index contributed by atoms with van der Waals surface area (Å²) in [6.45, 7) is 2.36. The van der Waals surface area contributed by atoms with Crippen LogP contribution in [-0.4, -0.2) is 52.6 Å². The molecule has 0 aliphatic rings. The average Bonchev–Trinajstić information content (AvgIpc) is 3.27. The molecule has 0 spiro atoms. The summed E-state index contributed by atoms with van der Waals surface area (Å²) < 4.78 is 13.6. The highest BCUT2D eigenvalue weighted by Crippen LogP contribution is 2.36. The zero-order valence-electron chi connectivity index (χ0n) is 22.1. The van der Waals surface area contributed by atoms with Gasteiger partial charge in [0.15, 0.2) is 13.1 Å². The van der Waals surface area contributed by atoms with Gasteiger partial charge in [0.05, 0.1) is 37.0 Å². The number of imidazole rings is 1. The van der Waals surface area contributed by atoms with Gasteiger partial charge in [-0.15, -0.1) is 0 Å². The molecule has 0 aliphatic heterocycles. The van der Waals surface area contributed by atoms with Gasteiger partial charge in [0.1, 0.15) is 35.4 Å². The van der Waals surface area contributed by atoms with E-state index in [1.165, 1.54) is 61.5 Å². The van der Waals surface area contributed by atoms with Crippen molar-refractivity contribution in [3.05, 3.63) is 43.0 Å². The molecule has 40 heavy (non-hydrogen) atoms. The summed E-state index contributed by atoms with van der Waals surface area (Å²) in [7, 11) is 2.77. The lowest BCUT2D eigenvalue weighted by atomic mass is 10.2. The number of hydrogen-bond acceptors (Lipinski definition) is 8. The first-order valence-corrected chi connectivity index (χ1v) is 11.5. The van der Waals surface area contributed by atoms with E-state index in [1.54, 1.807) is 18.7 Å². The molecule has 0 aliphatic carbocycles. The van der Waals surface area contributed by atoms with E-state index in [0.29, 0.717) is 0 Å². The molecule has 0 fully saturated rings. The molecule has 1 heterocycles. The second-order valence-corrected chi connectivity index (χ2v) is 8.36. The van der Waals surface area contributed by atoms with Gasteiger partial charge in [-0.3, -0.25) is 19.2 Å². The summed E-state index contributed by atoms with van der Waals surface area (Å²) >= 11 is 0. The summed E-state index contributed by atoms with van der Waals surface area (Å²) in [5.74, 6) is -1.67. The minimum atomic E-state index is -0.438. The van der Waals surface area contributed by atoms with Crippen LogP contribution in [0.25, 0.3) is 0 Å². The standard InChI is InChI=1S/C25H28N6O8.ClH/c1-14(32)26-16-9-22(38-3)18(7-20(16)34)28-24(36)11-30-5-6-31(13-30)12-25(37)29-19-8-21(35)17(27-15(2)33)10-23(19)39-4;/h5-10,13H,11-12H2,1-4H3,(H5-,26,27,28,29,32,33,34,35,36,37);1H. The largest absolute Gasteiger partial charge is 1.00 e. The fraction of sp³-hybridized carbons (Fsp3) is 0.240. The second-order valence-electron chi connectivity index (χ2n) is 8.36. The number of aromatic nitrogens is 2. The van der Waals surface area contributed by atoms with Gasteiger partial charge in [0.25, 0.3) is 11.8 Å². The van der Waals surface area contributed by atoms with E-state index in [4.69, 9.17) is 9.47 Å². The van der Waals surface area contributed by atoms with Crippen LogP contribution in [0.1, 0.15) is 13.8 Å². The normalized spacial score (nSPS) is 10.1. The third-order valence-corrected chi connectivity index (χ3v) is 5.20. The fourth-order valence-corrected chi connectivity index (χ4v) is 3.59. The summed E-state index contributed by atoms with van der Waals surface area (Å²) in [5, 5.41) is 30.5. The number of nitrogens with zero attached hydrogens (tertiary/aromatic N) is 2. The number of benzene rings is 2. The highest BCUT2D eigenvalue weighted by atomic mass is 35.5. The summed E-state index contributed by atoms with van der Waals surface area (Å²) in [6, 6.07) is 5.29. The predicted octanol–water partition coefficient (Wildman–Crippen LogP) is -1.60. The first kappa shape index (κ1) is 31.2. The summed E-state index contributed by atoms with van der Waals surface area (Å²) in [6.07, 6.45) is 4.73. The molecule has 0 unspecified atom stereocenters. The van der Waals surface area contributed by atoms with Crippen molar-refractivity contribution >= 4 is 46.4 Å². The number of nitrogens with one attached hydrogen (secondary N) is 4. The van der Waals surface area contributed by atoms with E-state index in [2.05, 4.69) is 21.3 Å². The molecule has 15 heteroatoms. The molecule has 0 bridgehead atoms. The average molecular weight is 577 g/mol. The Balaban J connectivity index is 0.00000560. The van der Waals surface area contributed by atoms with E-state index in [9.17, 15) is 29.4 Å². The van der Waals surface area contributed by atoms with E-state index in [-0.39, 0.29) is 83.1 Å². The number of amides is 4. The second kappa shape index (κ2) is 13.7. The third-order valence-electron chi connectivity index (χ3n) is 5.20. The van der Waals surface area contributed by atoms with E-state index < -0.39 is 11.8 Å². The minimum absolute atomic E-state index is 0. The molecule has 3 aromatic rings. The molecule has 0 saturated heterocycles. The number of rotatable bonds is 10. The molecular formula is C25H29ClN6O8. The van der Waals surface area contributed by atoms with Crippen molar-refractivity contribution in [3.8, 4) is 23.0 Å². The fourth-order valence-electron chi connectivity index (χ4n) is 3.59. The number of hydrogen-bond donors (Lipinski definition) is 6. The molecule has 3 rings (SSSR count). The molecular weight excluding hydrogens is 548 g/mol. The van der Waals surface area contributed by atoms with Crippen molar-refractivity contribution < 1.29 is 55.8 Å². The number of carbonyl (C=O) groups excluding carboxylic acids is 4. The maximum atomic E-state index is 12.6. The van der Waals surface area contributed by atoms with Crippen LogP contribution in [0.3, 0.4) is 0 Å². The number of methoxy groups -OCH3 is 2. The summed E-state index contributed by atoms with van der Waals surface area (Å²) in [4.78, 5) is 47.8. The van der Waals surface area contributed by atoms with Crippen molar-refractivity contribution in [2.45, 2.75) is 26.9 Å². The van der Waals surface area contributed by atoms with Crippen LogP contribution in [0.15, 0.2) is 43.0 Å². The van der Waals surface area contributed by atoms with Crippen LogP contribution in [0.4, 0.5) is 22.7 Å². The Hall–Kier alpha value is -4.98. The van der Waals surface area contributed by atoms with Gasteiger partial charge >= 0.3 is 0 Å². The van der Waals surface area contributed by atoms with Crippen molar-refractivity contribution in [1.29, 1.82) is 0 Å².